The van der Waals surface area contributed by atoms with Crippen LogP contribution >= 0.6 is 0 Å². The van der Waals surface area contributed by atoms with Gasteiger partial charge in [-0.1, -0.05) is 0 Å². The van der Waals surface area contributed by atoms with Crippen molar-refractivity contribution in [2.75, 3.05) is 11.9 Å². The van der Waals surface area contributed by atoms with Crippen molar-refractivity contribution >= 4 is 30.4 Å². The summed E-state index contributed by atoms with van der Waals surface area (Å²) in [7, 11) is 3.66. The molecule has 0 atom stereocenters. The van der Waals surface area contributed by atoms with Crippen LogP contribution in [0.15, 0.2) is 42.9 Å². The number of carbonyl (C=O) groups is 1. The molecule has 0 saturated carbocycles. The Hall–Kier alpha value is -3.14. The van der Waals surface area contributed by atoms with Crippen molar-refractivity contribution in [3.05, 3.63) is 54.1 Å². The van der Waals surface area contributed by atoms with Gasteiger partial charge >= 0.3 is 0 Å². The number of nitrogens with zero attached hydrogens (tertiary/aromatic N) is 5. The van der Waals surface area contributed by atoms with Gasteiger partial charge in [-0.05, 0) is 29.7 Å². The van der Waals surface area contributed by atoms with Crippen molar-refractivity contribution in [3.63, 3.8) is 0 Å². The van der Waals surface area contributed by atoms with E-state index in [1.807, 2.05) is 32.2 Å². The van der Waals surface area contributed by atoms with Crippen molar-refractivity contribution in [2.24, 2.45) is 0 Å². The molecule has 6 nitrogen and oxygen atoms in total. The molecule has 0 fully saturated rings. The Labute approximate surface area is 128 Å². The van der Waals surface area contributed by atoms with Crippen LogP contribution in [-0.4, -0.2) is 35.4 Å². The molecule has 7 heteroatoms. The maximum Gasteiger partial charge on any atom is 0.276 e. The summed E-state index contributed by atoms with van der Waals surface area (Å²) in [5.74, 6) is -0.231. The number of hydrogen-bond donors (Lipinski definition) is 0. The maximum absolute atomic E-state index is 12.5. The molecule has 3 aromatic heterocycles. The Kier molecular flexibility index (Phi) is 3.35. The number of fused-ring (bicyclic) bond motifs is 1. The monoisotopic (exact) mass is 289 g/mol. The van der Waals surface area contributed by atoms with Gasteiger partial charge in [-0.15, -0.1) is 0 Å². The van der Waals surface area contributed by atoms with Crippen LogP contribution in [0.5, 0.6) is 0 Å². The number of anilines is 1. The molecule has 1 amide bonds. The van der Waals surface area contributed by atoms with E-state index in [1.165, 1.54) is 11.1 Å². The van der Waals surface area contributed by atoms with Gasteiger partial charge in [0.2, 0.25) is 0 Å². The SMILES string of the molecule is Bc1cnn2ccc(N(C)C(=O)c3ccc(C#N)cn3)cc12. The lowest BCUT2D eigenvalue weighted by Crippen LogP contribution is -2.27. The number of carbonyl (C=O) groups excluding carboxylic acids is 1. The van der Waals surface area contributed by atoms with Crippen molar-refractivity contribution in [1.29, 1.82) is 5.26 Å². The highest BCUT2D eigenvalue weighted by molar-refractivity contribution is 6.36. The number of nitriles is 1. The van der Waals surface area contributed by atoms with Gasteiger partial charge in [-0.25, -0.2) is 9.50 Å². The van der Waals surface area contributed by atoms with E-state index in [0.29, 0.717) is 11.3 Å². The van der Waals surface area contributed by atoms with E-state index in [9.17, 15) is 4.79 Å². The number of amides is 1. The van der Waals surface area contributed by atoms with E-state index >= 15 is 0 Å². The van der Waals surface area contributed by atoms with Crippen LogP contribution in [0, 0.1) is 11.3 Å². The minimum Gasteiger partial charge on any atom is -0.310 e. The Bertz CT molecular complexity index is 894. The summed E-state index contributed by atoms with van der Waals surface area (Å²) in [6.45, 7) is 0. The number of rotatable bonds is 2. The molecule has 0 aromatic carbocycles. The number of hydrogen-bond acceptors (Lipinski definition) is 4. The zero-order valence-electron chi connectivity index (χ0n) is 12.2. The van der Waals surface area contributed by atoms with Crippen LogP contribution in [0.1, 0.15) is 16.1 Å². The Balaban J connectivity index is 1.93. The van der Waals surface area contributed by atoms with Gasteiger partial charge < -0.3 is 4.90 Å². The molecule has 3 rings (SSSR count). The standard InChI is InChI=1S/C15H12BN5O/c1-20(15(22)13-3-2-10(7-17)8-18-13)11-4-5-21-14(6-11)12(16)9-19-21/h2-6,8-9H,16H2,1H3. The molecule has 0 saturated heterocycles. The molecular formula is C15H12BN5O. The van der Waals surface area contributed by atoms with Crippen molar-refractivity contribution in [1.82, 2.24) is 14.6 Å². The van der Waals surface area contributed by atoms with Gasteiger partial charge in [0, 0.05) is 31.3 Å². The van der Waals surface area contributed by atoms with E-state index < -0.39 is 0 Å². The topological polar surface area (TPSA) is 74.3 Å². The molecule has 3 aromatic rings. The number of pyridine rings is 2. The molecule has 0 aliphatic rings. The van der Waals surface area contributed by atoms with E-state index in [0.717, 1.165) is 16.7 Å². The minimum absolute atomic E-state index is 0.231. The maximum atomic E-state index is 12.5. The summed E-state index contributed by atoms with van der Waals surface area (Å²) in [4.78, 5) is 18.0. The lowest BCUT2D eigenvalue weighted by molar-refractivity contribution is 0.0988. The van der Waals surface area contributed by atoms with Gasteiger partial charge in [-0.3, -0.25) is 4.79 Å². The van der Waals surface area contributed by atoms with Gasteiger partial charge in [0.1, 0.15) is 19.6 Å². The lowest BCUT2D eigenvalue weighted by Gasteiger charge is -2.17. The molecule has 0 radical (unpaired) electrons. The first-order valence-corrected chi connectivity index (χ1v) is 6.68. The van der Waals surface area contributed by atoms with Gasteiger partial charge in [-0.2, -0.15) is 10.4 Å². The second kappa shape index (κ2) is 5.33. The number of aromatic nitrogens is 3. The lowest BCUT2D eigenvalue weighted by atomic mass is 9.98. The third kappa shape index (κ3) is 2.31. The molecule has 0 aliphatic carbocycles. The van der Waals surface area contributed by atoms with Gasteiger partial charge in [0.25, 0.3) is 5.91 Å². The van der Waals surface area contributed by atoms with E-state index in [2.05, 4.69) is 10.1 Å². The molecular weight excluding hydrogens is 277 g/mol. The van der Waals surface area contributed by atoms with Gasteiger partial charge in [0.15, 0.2) is 0 Å². The summed E-state index contributed by atoms with van der Waals surface area (Å²) >= 11 is 0. The predicted molar refractivity (Wildman–Crippen MR) is 85.1 cm³/mol. The first-order chi connectivity index (χ1) is 10.6. The summed E-state index contributed by atoms with van der Waals surface area (Å²) in [6, 6.07) is 8.84. The zero-order valence-corrected chi connectivity index (χ0v) is 12.2. The van der Waals surface area contributed by atoms with E-state index in [4.69, 9.17) is 5.26 Å². The summed E-state index contributed by atoms with van der Waals surface area (Å²) in [5, 5.41) is 13.0. The van der Waals surface area contributed by atoms with Crippen LogP contribution < -0.4 is 10.4 Å². The normalized spacial score (nSPS) is 10.4. The fourth-order valence-electron chi connectivity index (χ4n) is 2.18. The van der Waals surface area contributed by atoms with Crippen molar-refractivity contribution in [3.8, 4) is 6.07 Å². The first kappa shape index (κ1) is 13.8. The van der Waals surface area contributed by atoms with Crippen LogP contribution in [0.25, 0.3) is 5.52 Å². The average molecular weight is 289 g/mol. The van der Waals surface area contributed by atoms with Crippen molar-refractivity contribution in [2.45, 2.75) is 0 Å². The quantitative estimate of drug-likeness (QED) is 0.629. The molecule has 0 bridgehead atoms. The third-order valence-electron chi connectivity index (χ3n) is 3.50. The van der Waals surface area contributed by atoms with E-state index in [1.54, 1.807) is 29.9 Å². The fourth-order valence-corrected chi connectivity index (χ4v) is 2.18. The molecule has 3 heterocycles. The smallest absolute Gasteiger partial charge is 0.276 e. The molecule has 106 valence electrons. The minimum atomic E-state index is -0.231. The molecule has 22 heavy (non-hydrogen) atoms. The summed E-state index contributed by atoms with van der Waals surface area (Å²) in [5.41, 5.74) is 3.47. The highest BCUT2D eigenvalue weighted by Gasteiger charge is 2.15. The zero-order chi connectivity index (χ0) is 15.7. The third-order valence-corrected chi connectivity index (χ3v) is 3.50. The second-order valence-corrected chi connectivity index (χ2v) is 4.95. The molecule has 0 spiro atoms. The Morgan fingerprint density at radius 3 is 2.86 bits per heavy atom. The molecule has 0 unspecified atom stereocenters. The predicted octanol–water partition coefficient (Wildman–Crippen LogP) is 0.136. The largest absolute Gasteiger partial charge is 0.310 e. The molecule has 0 N–H and O–H groups in total. The summed E-state index contributed by atoms with van der Waals surface area (Å²) < 4.78 is 1.76. The molecule has 0 aliphatic heterocycles. The van der Waals surface area contributed by atoms with Crippen LogP contribution in [0.3, 0.4) is 0 Å². The highest BCUT2D eigenvalue weighted by Crippen LogP contribution is 2.16. The summed E-state index contributed by atoms with van der Waals surface area (Å²) in [6.07, 6.45) is 4.99. The van der Waals surface area contributed by atoms with Gasteiger partial charge in [0.05, 0.1) is 11.1 Å². The van der Waals surface area contributed by atoms with Crippen LogP contribution in [-0.2, 0) is 0 Å². The first-order valence-electron chi connectivity index (χ1n) is 6.68. The van der Waals surface area contributed by atoms with Crippen LogP contribution in [0.2, 0.25) is 0 Å². The Morgan fingerprint density at radius 1 is 1.36 bits per heavy atom. The van der Waals surface area contributed by atoms with Crippen LogP contribution in [0.4, 0.5) is 5.69 Å². The average Bonchev–Trinajstić information content (AvgIpc) is 2.94. The van der Waals surface area contributed by atoms with E-state index in [-0.39, 0.29) is 5.91 Å². The Morgan fingerprint density at radius 2 is 2.18 bits per heavy atom. The fraction of sp³-hybridized carbons (Fsp3) is 0.0667. The second-order valence-electron chi connectivity index (χ2n) is 4.95. The highest BCUT2D eigenvalue weighted by atomic mass is 16.2. The van der Waals surface area contributed by atoms with Crippen molar-refractivity contribution < 1.29 is 4.79 Å².